The Balaban J connectivity index is 1.18. The van der Waals surface area contributed by atoms with E-state index in [1.54, 1.807) is 17.8 Å². The van der Waals surface area contributed by atoms with Crippen molar-refractivity contribution in [2.75, 3.05) is 0 Å². The van der Waals surface area contributed by atoms with Crippen molar-refractivity contribution >= 4 is 135 Å². The van der Waals surface area contributed by atoms with E-state index < -0.39 is 0 Å². The van der Waals surface area contributed by atoms with Gasteiger partial charge in [-0.15, -0.1) is 0 Å². The fraction of sp³-hybridized carbons (Fsp3) is 0. The van der Waals surface area contributed by atoms with Gasteiger partial charge in [-0.25, -0.2) is 0 Å². The number of fused-ring (bicyclic) bond motifs is 6. The molecular weight excluding hydrogens is 820 g/mol. The van der Waals surface area contributed by atoms with Gasteiger partial charge in [0.15, 0.2) is 0 Å². The monoisotopic (exact) mass is 850 g/mol. The van der Waals surface area contributed by atoms with E-state index in [0.29, 0.717) is 52.5 Å². The van der Waals surface area contributed by atoms with Crippen LogP contribution < -0.4 is 17.8 Å². The van der Waals surface area contributed by atoms with Crippen LogP contribution in [0.25, 0.3) is 64.6 Å². The first kappa shape index (κ1) is 28.8. The third-order valence-electron chi connectivity index (χ3n) is 8.69. The van der Waals surface area contributed by atoms with Gasteiger partial charge in [0, 0.05) is 0 Å². The molecule has 0 bridgehead atoms. The third kappa shape index (κ3) is 5.03. The average molecular weight is 847 g/mol. The SMILES string of the molecule is c1ccc2c([Se][Se]c3c4ccccc4c([Se][Se]c4c5ccccc5cc5ccccc45)c4ccccc34)c3ccccc3cc2c1. The molecule has 0 nitrogen and oxygen atoms in total. The Hall–Kier alpha value is -3.38. The van der Waals surface area contributed by atoms with Gasteiger partial charge in [0.2, 0.25) is 0 Å². The van der Waals surface area contributed by atoms with Crippen molar-refractivity contribution in [3.63, 3.8) is 0 Å². The van der Waals surface area contributed by atoms with E-state index in [2.05, 4.69) is 158 Å². The number of rotatable bonds is 6. The second-order valence-corrected chi connectivity index (χ2v) is 23.5. The fourth-order valence-electron chi connectivity index (χ4n) is 6.52. The predicted molar refractivity (Wildman–Crippen MR) is 206 cm³/mol. The molecule has 0 heterocycles. The van der Waals surface area contributed by atoms with Crippen LogP contribution in [0.3, 0.4) is 0 Å². The maximum atomic E-state index is 2.40. The summed E-state index contributed by atoms with van der Waals surface area (Å²) >= 11 is 1.30. The van der Waals surface area contributed by atoms with E-state index in [4.69, 9.17) is 0 Å². The fourth-order valence-corrected chi connectivity index (χ4v) is 23.2. The molecule has 0 aliphatic carbocycles. The molecule has 0 aliphatic rings. The normalized spacial score (nSPS) is 11.8. The van der Waals surface area contributed by atoms with Crippen LogP contribution in [0.1, 0.15) is 0 Å². The molecule has 0 N–H and O–H groups in total. The minimum atomic E-state index is 0.321. The number of hydrogen-bond donors (Lipinski definition) is 0. The van der Waals surface area contributed by atoms with Gasteiger partial charge < -0.3 is 0 Å². The molecule has 46 heavy (non-hydrogen) atoms. The third-order valence-corrected chi connectivity index (χ3v) is 23.2. The molecule has 0 amide bonds. The Kier molecular flexibility index (Phi) is 7.72. The molecule has 0 aliphatic heterocycles. The zero-order valence-electron chi connectivity index (χ0n) is 24.6. The van der Waals surface area contributed by atoms with Gasteiger partial charge in [0.05, 0.1) is 0 Å². The van der Waals surface area contributed by atoms with E-state index >= 15 is 0 Å². The quantitative estimate of drug-likeness (QED) is 0.123. The summed E-state index contributed by atoms with van der Waals surface area (Å²) in [4.78, 5) is 0. The summed E-state index contributed by atoms with van der Waals surface area (Å²) in [6.07, 6.45) is 0. The van der Waals surface area contributed by atoms with Gasteiger partial charge in [-0.1, -0.05) is 0 Å². The van der Waals surface area contributed by atoms with Gasteiger partial charge in [0.25, 0.3) is 0 Å². The van der Waals surface area contributed by atoms with Crippen molar-refractivity contribution in [3.8, 4) is 0 Å². The molecule has 218 valence electrons. The molecule has 0 saturated carbocycles. The topological polar surface area (TPSA) is 0 Å². The Morgan fingerprint density at radius 2 is 0.413 bits per heavy atom. The summed E-state index contributed by atoms with van der Waals surface area (Å²) < 4.78 is 6.24. The van der Waals surface area contributed by atoms with Crippen molar-refractivity contribution in [2.45, 2.75) is 0 Å². The molecule has 9 aromatic carbocycles. The molecule has 9 rings (SSSR count). The van der Waals surface area contributed by atoms with Crippen molar-refractivity contribution in [2.24, 2.45) is 0 Å². The molecule has 0 fully saturated rings. The van der Waals surface area contributed by atoms with Gasteiger partial charge >= 0.3 is 293 Å². The summed E-state index contributed by atoms with van der Waals surface area (Å²) in [6.45, 7) is 0. The summed E-state index contributed by atoms with van der Waals surface area (Å²) in [5.74, 6) is 0. The summed E-state index contributed by atoms with van der Waals surface area (Å²) in [5.41, 5.74) is 0. The second kappa shape index (κ2) is 12.3. The molecule has 0 spiro atoms. The Labute approximate surface area is 290 Å². The molecule has 4 heteroatoms. The van der Waals surface area contributed by atoms with Crippen LogP contribution in [0, 0.1) is 0 Å². The Bertz CT molecular complexity index is 2260. The average Bonchev–Trinajstić information content (AvgIpc) is 3.12. The first-order chi connectivity index (χ1) is 22.8. The molecule has 0 unspecified atom stereocenters. The summed E-state index contributed by atoms with van der Waals surface area (Å²) in [6, 6.07) is 59.2. The van der Waals surface area contributed by atoms with Gasteiger partial charge in [0.1, 0.15) is 0 Å². The van der Waals surface area contributed by atoms with E-state index in [0.717, 1.165) is 0 Å². The van der Waals surface area contributed by atoms with Gasteiger partial charge in [-0.3, -0.25) is 0 Å². The standard InChI is InChI=1S/C42H26Se4/c1-5-17-31-27(13-1)25-28-14-2-6-18-32(28)39(31)43-45-41-35-21-9-11-23-37(35)42(38-24-12-10-22-36(38)41)46-44-40-33-19-7-3-15-29(33)26-30-16-4-8-20-34(30)40/h1-26H. The van der Waals surface area contributed by atoms with Gasteiger partial charge in [-0.05, 0) is 0 Å². The van der Waals surface area contributed by atoms with E-state index in [1.807, 2.05) is 0 Å². The molecule has 0 aromatic heterocycles. The van der Waals surface area contributed by atoms with Crippen molar-refractivity contribution in [3.05, 3.63) is 158 Å². The van der Waals surface area contributed by atoms with E-state index in [-0.39, 0.29) is 0 Å². The van der Waals surface area contributed by atoms with Crippen LogP contribution >= 0.6 is 0 Å². The van der Waals surface area contributed by atoms with Crippen molar-refractivity contribution < 1.29 is 0 Å². The predicted octanol–water partition coefficient (Wildman–Crippen LogP) is 7.15. The molecular formula is C42H26Se4. The van der Waals surface area contributed by atoms with Crippen LogP contribution in [0.5, 0.6) is 0 Å². The van der Waals surface area contributed by atoms with E-state index in [9.17, 15) is 0 Å². The number of benzene rings is 9. The van der Waals surface area contributed by atoms with Crippen LogP contribution in [0.2, 0.25) is 0 Å². The van der Waals surface area contributed by atoms with Crippen LogP contribution in [0.4, 0.5) is 0 Å². The Morgan fingerprint density at radius 1 is 0.217 bits per heavy atom. The Morgan fingerprint density at radius 3 is 0.674 bits per heavy atom. The zero-order chi connectivity index (χ0) is 30.5. The van der Waals surface area contributed by atoms with Crippen LogP contribution in [0.15, 0.2) is 158 Å². The molecule has 0 saturated heterocycles. The minimum absolute atomic E-state index is 0.321. The zero-order valence-corrected chi connectivity index (χ0v) is 31.5. The summed E-state index contributed by atoms with van der Waals surface area (Å²) in [7, 11) is 0. The summed E-state index contributed by atoms with van der Waals surface area (Å²) in [5, 5.41) is 16.9. The van der Waals surface area contributed by atoms with Crippen molar-refractivity contribution in [1.82, 2.24) is 0 Å². The first-order valence-corrected chi connectivity index (χ1v) is 27.4. The first-order valence-electron chi connectivity index (χ1n) is 15.3. The number of hydrogen-bond acceptors (Lipinski definition) is 0. The molecule has 0 radical (unpaired) electrons. The molecule has 0 atom stereocenters. The second-order valence-electron chi connectivity index (χ2n) is 11.4. The van der Waals surface area contributed by atoms with Crippen LogP contribution in [-0.2, 0) is 0 Å². The van der Waals surface area contributed by atoms with Crippen molar-refractivity contribution in [1.29, 1.82) is 0 Å². The van der Waals surface area contributed by atoms with Gasteiger partial charge in [-0.2, -0.15) is 0 Å². The van der Waals surface area contributed by atoms with E-state index in [1.165, 1.54) is 64.6 Å². The van der Waals surface area contributed by atoms with Crippen LogP contribution in [-0.4, -0.2) is 52.5 Å². The maximum absolute atomic E-state index is 2.40. The molecule has 9 aromatic rings.